The highest BCUT2D eigenvalue weighted by Crippen LogP contribution is 2.14. The van der Waals surface area contributed by atoms with Crippen molar-refractivity contribution >= 4 is 11.8 Å². The van der Waals surface area contributed by atoms with Gasteiger partial charge in [-0.25, -0.2) is 0 Å². The molecule has 0 saturated carbocycles. The lowest BCUT2D eigenvalue weighted by atomic mass is 10.1. The van der Waals surface area contributed by atoms with Crippen LogP contribution in [0.3, 0.4) is 0 Å². The van der Waals surface area contributed by atoms with Crippen LogP contribution in [0.1, 0.15) is 34.4 Å². The molecular weight excluding hydrogens is 336 g/mol. The molecule has 9 nitrogen and oxygen atoms in total. The SMILES string of the molecule is CCc1cc(CNC(=O)[C@H]2CN(C(=O)c3cn[nH]c3C)CCN2C)on1. The van der Waals surface area contributed by atoms with Crippen LogP contribution in [0.2, 0.25) is 0 Å². The lowest BCUT2D eigenvalue weighted by Gasteiger charge is -2.38. The molecular formula is C17H24N6O3. The Morgan fingerprint density at radius 2 is 2.23 bits per heavy atom. The van der Waals surface area contributed by atoms with Gasteiger partial charge in [0.1, 0.15) is 6.04 Å². The fourth-order valence-corrected chi connectivity index (χ4v) is 2.98. The van der Waals surface area contributed by atoms with Gasteiger partial charge in [0.15, 0.2) is 5.76 Å². The highest BCUT2D eigenvalue weighted by atomic mass is 16.5. The van der Waals surface area contributed by atoms with E-state index in [4.69, 9.17) is 4.52 Å². The van der Waals surface area contributed by atoms with E-state index in [-0.39, 0.29) is 18.4 Å². The lowest BCUT2D eigenvalue weighted by Crippen LogP contribution is -2.58. The van der Waals surface area contributed by atoms with Gasteiger partial charge in [-0.1, -0.05) is 12.1 Å². The molecule has 0 aromatic carbocycles. The molecule has 1 saturated heterocycles. The van der Waals surface area contributed by atoms with Crippen molar-refractivity contribution in [3.8, 4) is 0 Å². The summed E-state index contributed by atoms with van der Waals surface area (Å²) in [6.07, 6.45) is 2.31. The number of carbonyl (C=O) groups is 2. The van der Waals surface area contributed by atoms with Gasteiger partial charge in [-0.2, -0.15) is 5.10 Å². The molecule has 1 atom stereocenters. The van der Waals surface area contributed by atoms with Crippen LogP contribution >= 0.6 is 0 Å². The molecule has 2 aromatic heterocycles. The minimum absolute atomic E-state index is 0.107. The summed E-state index contributed by atoms with van der Waals surface area (Å²) in [6.45, 7) is 5.62. The first-order chi connectivity index (χ1) is 12.5. The number of rotatable bonds is 5. The van der Waals surface area contributed by atoms with Crippen LogP contribution in [-0.4, -0.2) is 69.7 Å². The molecule has 0 radical (unpaired) electrons. The van der Waals surface area contributed by atoms with E-state index in [2.05, 4.69) is 20.7 Å². The summed E-state index contributed by atoms with van der Waals surface area (Å²) in [6, 6.07) is 1.43. The van der Waals surface area contributed by atoms with Crippen LogP contribution in [-0.2, 0) is 17.8 Å². The number of likely N-dealkylation sites (N-methyl/N-ethyl adjacent to an activating group) is 1. The monoisotopic (exact) mass is 360 g/mol. The van der Waals surface area contributed by atoms with E-state index in [0.717, 1.165) is 17.8 Å². The minimum atomic E-state index is -0.409. The van der Waals surface area contributed by atoms with Gasteiger partial charge < -0.3 is 14.7 Å². The molecule has 2 N–H and O–H groups in total. The number of nitrogens with zero attached hydrogens (tertiary/aromatic N) is 4. The molecule has 1 fully saturated rings. The van der Waals surface area contributed by atoms with E-state index in [1.54, 1.807) is 4.90 Å². The van der Waals surface area contributed by atoms with Crippen molar-refractivity contribution in [2.45, 2.75) is 32.9 Å². The lowest BCUT2D eigenvalue weighted by molar-refractivity contribution is -0.127. The highest BCUT2D eigenvalue weighted by molar-refractivity contribution is 5.95. The zero-order valence-corrected chi connectivity index (χ0v) is 15.3. The van der Waals surface area contributed by atoms with Crippen molar-refractivity contribution in [2.75, 3.05) is 26.7 Å². The predicted octanol–water partition coefficient (Wildman–Crippen LogP) is 0.341. The normalized spacial score (nSPS) is 18.1. The van der Waals surface area contributed by atoms with Crippen LogP contribution in [0.5, 0.6) is 0 Å². The molecule has 1 aliphatic heterocycles. The van der Waals surface area contributed by atoms with E-state index in [1.807, 2.05) is 31.9 Å². The zero-order valence-electron chi connectivity index (χ0n) is 15.3. The van der Waals surface area contributed by atoms with Gasteiger partial charge in [-0.3, -0.25) is 19.6 Å². The van der Waals surface area contributed by atoms with Gasteiger partial charge in [-0.05, 0) is 20.4 Å². The fraction of sp³-hybridized carbons (Fsp3) is 0.529. The smallest absolute Gasteiger partial charge is 0.257 e. The highest BCUT2D eigenvalue weighted by Gasteiger charge is 2.33. The van der Waals surface area contributed by atoms with Gasteiger partial charge in [0.2, 0.25) is 5.91 Å². The van der Waals surface area contributed by atoms with Crippen molar-refractivity contribution in [1.29, 1.82) is 0 Å². The van der Waals surface area contributed by atoms with E-state index in [0.29, 0.717) is 31.0 Å². The fourth-order valence-electron chi connectivity index (χ4n) is 2.98. The van der Waals surface area contributed by atoms with Crippen molar-refractivity contribution < 1.29 is 14.1 Å². The molecule has 0 unspecified atom stereocenters. The average Bonchev–Trinajstić information content (AvgIpc) is 3.28. The third-order valence-electron chi connectivity index (χ3n) is 4.71. The molecule has 3 rings (SSSR count). The third-order valence-corrected chi connectivity index (χ3v) is 4.71. The Balaban J connectivity index is 1.61. The topological polar surface area (TPSA) is 107 Å². The zero-order chi connectivity index (χ0) is 18.7. The van der Waals surface area contributed by atoms with Crippen LogP contribution < -0.4 is 5.32 Å². The summed E-state index contributed by atoms with van der Waals surface area (Å²) >= 11 is 0. The van der Waals surface area contributed by atoms with E-state index in [9.17, 15) is 9.59 Å². The van der Waals surface area contributed by atoms with E-state index >= 15 is 0 Å². The van der Waals surface area contributed by atoms with Crippen LogP contribution in [0.15, 0.2) is 16.8 Å². The largest absolute Gasteiger partial charge is 0.359 e. The summed E-state index contributed by atoms with van der Waals surface area (Å²) in [4.78, 5) is 28.9. The summed E-state index contributed by atoms with van der Waals surface area (Å²) < 4.78 is 5.19. The maximum Gasteiger partial charge on any atom is 0.257 e. The average molecular weight is 360 g/mol. The number of hydrogen-bond donors (Lipinski definition) is 2. The number of aryl methyl sites for hydroxylation is 2. The number of aromatic nitrogens is 3. The van der Waals surface area contributed by atoms with Crippen LogP contribution in [0.4, 0.5) is 0 Å². The first kappa shape index (κ1) is 18.1. The third kappa shape index (κ3) is 3.77. The molecule has 1 aliphatic rings. The molecule has 0 aliphatic carbocycles. The number of piperazine rings is 1. The Labute approximate surface area is 151 Å². The van der Waals surface area contributed by atoms with E-state index in [1.165, 1.54) is 6.20 Å². The summed E-state index contributed by atoms with van der Waals surface area (Å²) in [5.41, 5.74) is 2.13. The molecule has 9 heteroatoms. The Hall–Kier alpha value is -2.68. The quantitative estimate of drug-likeness (QED) is 0.796. The second-order valence-electron chi connectivity index (χ2n) is 6.51. The van der Waals surface area contributed by atoms with Crippen LogP contribution in [0.25, 0.3) is 0 Å². The molecule has 26 heavy (non-hydrogen) atoms. The van der Waals surface area contributed by atoms with Crippen LogP contribution in [0, 0.1) is 6.92 Å². The summed E-state index contributed by atoms with van der Waals surface area (Å²) in [5.74, 6) is 0.379. The Morgan fingerprint density at radius 3 is 2.88 bits per heavy atom. The predicted molar refractivity (Wildman–Crippen MR) is 93.4 cm³/mol. The Morgan fingerprint density at radius 1 is 1.42 bits per heavy atom. The van der Waals surface area contributed by atoms with Crippen molar-refractivity contribution in [2.24, 2.45) is 0 Å². The number of H-pyrrole nitrogens is 1. The standard InChI is InChI=1S/C17H24N6O3/c1-4-12-7-13(26-21-12)8-18-16(24)15-10-23(6-5-22(15)3)17(25)14-9-19-20-11(14)2/h7,9,15H,4-6,8,10H2,1-3H3,(H,18,24)(H,19,20)/t15-/m1/s1. The maximum atomic E-state index is 12.7. The molecule has 140 valence electrons. The number of hydrogen-bond acceptors (Lipinski definition) is 6. The van der Waals surface area contributed by atoms with Crippen molar-refractivity contribution in [3.05, 3.63) is 35.0 Å². The van der Waals surface area contributed by atoms with Gasteiger partial charge in [0.05, 0.1) is 24.0 Å². The van der Waals surface area contributed by atoms with E-state index < -0.39 is 6.04 Å². The Kier molecular flexibility index (Phi) is 5.36. The van der Waals surface area contributed by atoms with Gasteiger partial charge in [0, 0.05) is 31.4 Å². The first-order valence-corrected chi connectivity index (χ1v) is 8.71. The number of amides is 2. The minimum Gasteiger partial charge on any atom is -0.359 e. The second-order valence-corrected chi connectivity index (χ2v) is 6.51. The summed E-state index contributed by atoms with van der Waals surface area (Å²) in [7, 11) is 1.89. The number of nitrogens with one attached hydrogen (secondary N) is 2. The number of carbonyl (C=O) groups excluding carboxylic acids is 2. The van der Waals surface area contributed by atoms with Crippen molar-refractivity contribution in [1.82, 2.24) is 30.5 Å². The summed E-state index contributed by atoms with van der Waals surface area (Å²) in [5, 5.41) is 13.5. The maximum absolute atomic E-state index is 12.7. The molecule has 2 aromatic rings. The number of aromatic amines is 1. The van der Waals surface area contributed by atoms with Gasteiger partial charge in [-0.15, -0.1) is 0 Å². The van der Waals surface area contributed by atoms with Gasteiger partial charge >= 0.3 is 0 Å². The Bertz CT molecular complexity index is 783. The second kappa shape index (κ2) is 7.69. The molecule has 0 spiro atoms. The molecule has 0 bridgehead atoms. The molecule has 3 heterocycles. The van der Waals surface area contributed by atoms with Crippen molar-refractivity contribution in [3.63, 3.8) is 0 Å². The molecule has 2 amide bonds. The van der Waals surface area contributed by atoms with Gasteiger partial charge in [0.25, 0.3) is 5.91 Å². The first-order valence-electron chi connectivity index (χ1n) is 8.71.